The van der Waals surface area contributed by atoms with Crippen molar-refractivity contribution in [2.24, 2.45) is 7.05 Å². The van der Waals surface area contributed by atoms with Gasteiger partial charge >= 0.3 is 5.97 Å². The average Bonchev–Trinajstić information content (AvgIpc) is 3.19. The van der Waals surface area contributed by atoms with Gasteiger partial charge < -0.3 is 4.74 Å². The van der Waals surface area contributed by atoms with Crippen LogP contribution < -0.4 is 3.93 Å². The number of rotatable bonds is 4. The molecule has 0 aliphatic rings. The number of aryl methyl sites for hydroxylation is 1. The van der Waals surface area contributed by atoms with E-state index in [1.165, 1.54) is 21.1 Å². The number of nitrogens with zero attached hydrogens (tertiary/aromatic N) is 6. The number of pyridine rings is 1. The molecule has 124 valence electrons. The van der Waals surface area contributed by atoms with Crippen LogP contribution in [0.5, 0.6) is 0 Å². The van der Waals surface area contributed by atoms with Gasteiger partial charge in [0.1, 0.15) is 17.6 Å². The SMILES string of the molecule is CCOC(=O)c1cnn(C)c1C(=O)N(Br)c1ccn2ncnc2c1. The first kappa shape index (κ1) is 16.1. The Balaban J connectivity index is 1.96. The smallest absolute Gasteiger partial charge is 0.342 e. The minimum absolute atomic E-state index is 0.109. The molecule has 9 nitrogen and oxygen atoms in total. The number of amides is 1. The van der Waals surface area contributed by atoms with Gasteiger partial charge in [-0.1, -0.05) is 0 Å². The van der Waals surface area contributed by atoms with Crippen LogP contribution in [0.15, 0.2) is 30.9 Å². The van der Waals surface area contributed by atoms with Crippen LogP contribution in [0.25, 0.3) is 5.65 Å². The molecule has 3 rings (SSSR count). The summed E-state index contributed by atoms with van der Waals surface area (Å²) in [5.41, 5.74) is 1.35. The molecule has 0 atom stereocenters. The molecule has 0 aliphatic heterocycles. The normalized spacial score (nSPS) is 10.8. The number of carbonyl (C=O) groups is 2. The third kappa shape index (κ3) is 2.75. The Morgan fingerprint density at radius 2 is 2.17 bits per heavy atom. The maximum absolute atomic E-state index is 12.8. The molecule has 3 aromatic rings. The van der Waals surface area contributed by atoms with E-state index < -0.39 is 11.9 Å². The van der Waals surface area contributed by atoms with Gasteiger partial charge in [0.25, 0.3) is 5.91 Å². The fraction of sp³-hybridized carbons (Fsp3) is 0.214. The number of halogens is 1. The number of fused-ring (bicyclic) bond motifs is 1. The predicted octanol–water partition coefficient (Wildman–Crippen LogP) is 1.60. The lowest BCUT2D eigenvalue weighted by molar-refractivity contribution is 0.0523. The summed E-state index contributed by atoms with van der Waals surface area (Å²) in [7, 11) is 1.58. The first-order chi connectivity index (χ1) is 11.5. The highest BCUT2D eigenvalue weighted by Crippen LogP contribution is 2.23. The van der Waals surface area contributed by atoms with Gasteiger partial charge in [0.05, 0.1) is 34.6 Å². The fourth-order valence-corrected chi connectivity index (χ4v) is 2.57. The second kappa shape index (κ2) is 6.40. The van der Waals surface area contributed by atoms with Gasteiger partial charge in [-0.15, -0.1) is 0 Å². The van der Waals surface area contributed by atoms with Crippen LogP contribution >= 0.6 is 16.1 Å². The van der Waals surface area contributed by atoms with Crippen molar-refractivity contribution in [2.75, 3.05) is 10.5 Å². The van der Waals surface area contributed by atoms with E-state index in [0.717, 1.165) is 0 Å². The summed E-state index contributed by atoms with van der Waals surface area (Å²) in [5, 5.41) is 7.98. The van der Waals surface area contributed by atoms with Crippen LogP contribution in [0.2, 0.25) is 0 Å². The van der Waals surface area contributed by atoms with E-state index in [1.807, 2.05) is 0 Å². The minimum Gasteiger partial charge on any atom is -0.462 e. The highest BCUT2D eigenvalue weighted by Gasteiger charge is 2.27. The molecule has 0 aromatic carbocycles. The van der Waals surface area contributed by atoms with Crippen LogP contribution in [0.1, 0.15) is 27.8 Å². The Bertz CT molecular complexity index is 918. The molecule has 24 heavy (non-hydrogen) atoms. The highest BCUT2D eigenvalue weighted by atomic mass is 79.9. The van der Waals surface area contributed by atoms with Crippen LogP contribution in [0.4, 0.5) is 5.69 Å². The molecule has 10 heteroatoms. The van der Waals surface area contributed by atoms with Crippen LogP contribution in [-0.4, -0.2) is 42.9 Å². The Labute approximate surface area is 145 Å². The lowest BCUT2D eigenvalue weighted by Crippen LogP contribution is -2.25. The van der Waals surface area contributed by atoms with Crippen molar-refractivity contribution >= 4 is 39.4 Å². The number of ether oxygens (including phenoxy) is 1. The molecule has 3 heterocycles. The molecule has 0 fully saturated rings. The van der Waals surface area contributed by atoms with Gasteiger partial charge in [0.15, 0.2) is 5.65 Å². The summed E-state index contributed by atoms with van der Waals surface area (Å²) in [5.74, 6) is -1.05. The second-order valence-electron chi connectivity index (χ2n) is 4.78. The number of carbonyl (C=O) groups excluding carboxylic acids is 2. The summed E-state index contributed by atoms with van der Waals surface area (Å²) in [6.07, 6.45) is 4.40. The van der Waals surface area contributed by atoms with Crippen molar-refractivity contribution in [2.45, 2.75) is 6.92 Å². The van der Waals surface area contributed by atoms with Gasteiger partial charge in [-0.2, -0.15) is 10.2 Å². The Morgan fingerprint density at radius 3 is 2.92 bits per heavy atom. The van der Waals surface area contributed by atoms with Crippen molar-refractivity contribution in [1.82, 2.24) is 24.4 Å². The lowest BCUT2D eigenvalue weighted by Gasteiger charge is -2.15. The number of anilines is 1. The molecule has 0 bridgehead atoms. The zero-order valence-electron chi connectivity index (χ0n) is 12.9. The third-order valence-electron chi connectivity index (χ3n) is 3.31. The van der Waals surface area contributed by atoms with E-state index in [1.54, 1.807) is 36.8 Å². The first-order valence-corrected chi connectivity index (χ1v) is 7.72. The molecule has 3 aromatic heterocycles. The topological polar surface area (TPSA) is 94.6 Å². The molecule has 0 saturated carbocycles. The predicted molar refractivity (Wildman–Crippen MR) is 87.9 cm³/mol. The second-order valence-corrected chi connectivity index (χ2v) is 5.49. The molecule has 0 saturated heterocycles. The quantitative estimate of drug-likeness (QED) is 0.494. The maximum atomic E-state index is 12.8. The average molecular weight is 393 g/mol. The number of esters is 1. The van der Waals surface area contributed by atoms with E-state index in [-0.39, 0.29) is 17.9 Å². The van der Waals surface area contributed by atoms with E-state index >= 15 is 0 Å². The van der Waals surface area contributed by atoms with Crippen molar-refractivity contribution in [3.05, 3.63) is 42.1 Å². The van der Waals surface area contributed by atoms with E-state index in [2.05, 4.69) is 31.3 Å². The zero-order valence-corrected chi connectivity index (χ0v) is 14.5. The van der Waals surface area contributed by atoms with E-state index in [0.29, 0.717) is 11.3 Å². The fourth-order valence-electron chi connectivity index (χ4n) is 2.19. The molecule has 1 amide bonds. The molecular formula is C14H13BrN6O3. The van der Waals surface area contributed by atoms with Gasteiger partial charge in [-0.05, 0) is 13.0 Å². The van der Waals surface area contributed by atoms with E-state index in [4.69, 9.17) is 4.74 Å². The Kier molecular flexibility index (Phi) is 4.30. The number of hydrogen-bond acceptors (Lipinski definition) is 6. The summed E-state index contributed by atoms with van der Waals surface area (Å²) in [6, 6.07) is 3.37. The van der Waals surface area contributed by atoms with Crippen molar-refractivity contribution in [3.8, 4) is 0 Å². The maximum Gasteiger partial charge on any atom is 0.342 e. The Hall–Kier alpha value is -2.75. The molecule has 0 aliphatic carbocycles. The third-order valence-corrected chi connectivity index (χ3v) is 4.04. The van der Waals surface area contributed by atoms with Crippen molar-refractivity contribution < 1.29 is 14.3 Å². The summed E-state index contributed by atoms with van der Waals surface area (Å²) in [4.78, 5) is 28.9. The zero-order chi connectivity index (χ0) is 17.3. The van der Waals surface area contributed by atoms with Crippen molar-refractivity contribution in [3.63, 3.8) is 0 Å². The first-order valence-electron chi connectivity index (χ1n) is 7.01. The molecular weight excluding hydrogens is 380 g/mol. The number of aromatic nitrogens is 5. The van der Waals surface area contributed by atoms with Crippen LogP contribution in [0, 0.1) is 0 Å². The lowest BCUT2D eigenvalue weighted by atomic mass is 10.2. The Morgan fingerprint density at radius 1 is 1.38 bits per heavy atom. The van der Waals surface area contributed by atoms with Crippen LogP contribution in [0.3, 0.4) is 0 Å². The van der Waals surface area contributed by atoms with Gasteiger partial charge in [0, 0.05) is 19.3 Å². The van der Waals surface area contributed by atoms with Gasteiger partial charge in [-0.25, -0.2) is 18.2 Å². The van der Waals surface area contributed by atoms with Gasteiger partial charge in [-0.3, -0.25) is 9.48 Å². The molecule has 0 N–H and O–H groups in total. The number of hydrogen-bond donors (Lipinski definition) is 0. The standard InChI is InChI=1S/C14H13BrN6O3/c1-3-24-14(23)10-7-17-19(2)12(10)13(22)21(15)9-4-5-20-11(6-9)16-8-18-20/h4-8H,3H2,1-2H3. The monoisotopic (exact) mass is 392 g/mol. The molecule has 0 unspecified atom stereocenters. The largest absolute Gasteiger partial charge is 0.462 e. The van der Waals surface area contributed by atoms with Crippen molar-refractivity contribution in [1.29, 1.82) is 0 Å². The van der Waals surface area contributed by atoms with Gasteiger partial charge in [0.2, 0.25) is 0 Å². The van der Waals surface area contributed by atoms with Crippen LogP contribution in [-0.2, 0) is 11.8 Å². The summed E-state index contributed by atoms with van der Waals surface area (Å²) < 4.78 is 9.11. The minimum atomic E-state index is -0.595. The van der Waals surface area contributed by atoms with E-state index in [9.17, 15) is 9.59 Å². The molecule has 0 spiro atoms. The molecule has 0 radical (unpaired) electrons. The highest BCUT2D eigenvalue weighted by molar-refractivity contribution is 9.10. The summed E-state index contributed by atoms with van der Waals surface area (Å²) >= 11 is 3.24. The summed E-state index contributed by atoms with van der Waals surface area (Å²) in [6.45, 7) is 1.91.